The van der Waals surface area contributed by atoms with E-state index in [0.29, 0.717) is 0 Å². The molecule has 0 amide bonds. The molecule has 20 heavy (non-hydrogen) atoms. The first-order chi connectivity index (χ1) is 9.51. The number of nitrogens with one attached hydrogen (secondary N) is 1. The second kappa shape index (κ2) is 5.75. The number of hydrogen-bond acceptors (Lipinski definition) is 7. The number of nitrogens with zero attached hydrogens (tertiary/aromatic N) is 3. The molecule has 0 aliphatic carbocycles. The topological polar surface area (TPSA) is 116 Å². The molecule has 0 radical (unpaired) electrons. The van der Waals surface area contributed by atoms with E-state index in [-0.39, 0.29) is 22.1 Å². The molecule has 3 N–H and O–H groups in total. The van der Waals surface area contributed by atoms with Crippen LogP contribution in [0, 0.1) is 15.9 Å². The van der Waals surface area contributed by atoms with Crippen molar-refractivity contribution in [3.05, 3.63) is 44.8 Å². The van der Waals surface area contributed by atoms with E-state index in [1.165, 1.54) is 6.07 Å². The van der Waals surface area contributed by atoms with E-state index >= 15 is 0 Å². The fraction of sp³-hybridized carbons (Fsp3) is 0. The molecule has 1 aromatic heterocycles. The van der Waals surface area contributed by atoms with Crippen molar-refractivity contribution >= 4 is 27.6 Å². The number of ether oxygens (including phenoxy) is 1. The third-order valence-corrected chi connectivity index (χ3v) is 2.78. The Morgan fingerprint density at radius 2 is 2.25 bits per heavy atom. The summed E-state index contributed by atoms with van der Waals surface area (Å²) in [5, 5.41) is 10.9. The van der Waals surface area contributed by atoms with Gasteiger partial charge in [0.2, 0.25) is 5.95 Å². The molecule has 0 unspecified atom stereocenters. The first-order valence-electron chi connectivity index (χ1n) is 5.12. The average Bonchev–Trinajstić information content (AvgIpc) is 2.41. The predicted molar refractivity (Wildman–Crippen MR) is 70.7 cm³/mol. The summed E-state index contributed by atoms with van der Waals surface area (Å²) in [6.07, 6.45) is 0.953. The van der Waals surface area contributed by atoms with Gasteiger partial charge in [-0.3, -0.25) is 15.5 Å². The molecule has 0 atom stereocenters. The summed E-state index contributed by atoms with van der Waals surface area (Å²) < 4.78 is 18.5. The summed E-state index contributed by atoms with van der Waals surface area (Å²) in [6, 6.07) is 3.61. The molecular formula is C10H7BrFN5O3. The summed E-state index contributed by atoms with van der Waals surface area (Å²) >= 11 is 3.08. The van der Waals surface area contributed by atoms with Crippen LogP contribution in [-0.2, 0) is 0 Å². The monoisotopic (exact) mass is 343 g/mol. The van der Waals surface area contributed by atoms with Gasteiger partial charge in [-0.25, -0.2) is 15.2 Å². The smallest absolute Gasteiger partial charge is 0.349 e. The Morgan fingerprint density at radius 3 is 2.85 bits per heavy atom. The summed E-state index contributed by atoms with van der Waals surface area (Å²) in [7, 11) is 0. The van der Waals surface area contributed by atoms with Crippen LogP contribution in [0.2, 0.25) is 0 Å². The lowest BCUT2D eigenvalue weighted by molar-refractivity contribution is -0.386. The van der Waals surface area contributed by atoms with Gasteiger partial charge in [-0.1, -0.05) is 0 Å². The highest BCUT2D eigenvalue weighted by Gasteiger charge is 2.20. The zero-order chi connectivity index (χ0) is 14.7. The van der Waals surface area contributed by atoms with Crippen LogP contribution in [-0.4, -0.2) is 14.9 Å². The lowest BCUT2D eigenvalue weighted by atomic mass is 10.3. The van der Waals surface area contributed by atoms with Gasteiger partial charge in [0.05, 0.1) is 9.40 Å². The molecule has 0 aliphatic heterocycles. The van der Waals surface area contributed by atoms with Crippen LogP contribution in [0.25, 0.3) is 0 Å². The fourth-order valence-electron chi connectivity index (χ4n) is 1.29. The molecule has 2 rings (SSSR count). The minimum atomic E-state index is -0.701. The Kier molecular flexibility index (Phi) is 4.05. The molecule has 0 fully saturated rings. The number of aromatic nitrogens is 2. The number of anilines is 1. The lowest BCUT2D eigenvalue weighted by Gasteiger charge is -2.08. The van der Waals surface area contributed by atoms with Crippen LogP contribution >= 0.6 is 15.9 Å². The lowest BCUT2D eigenvalue weighted by Crippen LogP contribution is -2.11. The molecule has 1 heterocycles. The van der Waals surface area contributed by atoms with E-state index in [1.807, 2.05) is 0 Å². The van der Waals surface area contributed by atoms with Gasteiger partial charge in [-0.15, -0.1) is 0 Å². The van der Waals surface area contributed by atoms with Gasteiger partial charge in [-0.05, 0) is 34.1 Å². The van der Waals surface area contributed by atoms with E-state index in [2.05, 4.69) is 31.3 Å². The average molecular weight is 344 g/mol. The third-order valence-electron chi connectivity index (χ3n) is 2.16. The maximum absolute atomic E-state index is 13.0. The zero-order valence-electron chi connectivity index (χ0n) is 9.71. The summed E-state index contributed by atoms with van der Waals surface area (Å²) in [5.74, 6) is 4.44. The van der Waals surface area contributed by atoms with Crippen molar-refractivity contribution in [2.24, 2.45) is 5.84 Å². The van der Waals surface area contributed by atoms with E-state index in [0.717, 1.165) is 18.3 Å². The minimum Gasteiger partial charge on any atom is -0.432 e. The maximum atomic E-state index is 13.0. The second-order valence-corrected chi connectivity index (χ2v) is 4.32. The second-order valence-electron chi connectivity index (χ2n) is 3.46. The molecule has 0 bridgehead atoms. The largest absolute Gasteiger partial charge is 0.432 e. The molecular weight excluding hydrogens is 337 g/mol. The number of nitro groups is 1. The van der Waals surface area contributed by atoms with E-state index in [9.17, 15) is 14.5 Å². The predicted octanol–water partition coefficient (Wildman–Crippen LogP) is 2.36. The standard InChI is InChI=1S/C10H7BrFN5O3/c11-6-3-5(12)1-2-8(6)20-9-7(17(18)19)4-14-10(15-9)16-13/h1-4H,13H2,(H,14,15,16). The van der Waals surface area contributed by atoms with Gasteiger partial charge in [0.25, 0.3) is 0 Å². The molecule has 0 spiro atoms. The summed E-state index contributed by atoms with van der Waals surface area (Å²) in [4.78, 5) is 17.5. The molecule has 0 aliphatic rings. The molecule has 10 heteroatoms. The molecule has 8 nitrogen and oxygen atoms in total. The number of halogens is 2. The van der Waals surface area contributed by atoms with Gasteiger partial charge in [0.15, 0.2) is 0 Å². The number of nitrogens with two attached hydrogens (primary N) is 1. The van der Waals surface area contributed by atoms with Crippen molar-refractivity contribution in [1.82, 2.24) is 9.97 Å². The van der Waals surface area contributed by atoms with Crippen molar-refractivity contribution in [3.63, 3.8) is 0 Å². The molecule has 104 valence electrons. The number of hydrogen-bond donors (Lipinski definition) is 2. The van der Waals surface area contributed by atoms with Crippen LogP contribution in [0.5, 0.6) is 11.6 Å². The third kappa shape index (κ3) is 2.97. The van der Waals surface area contributed by atoms with Gasteiger partial charge >= 0.3 is 11.6 Å². The Hall–Kier alpha value is -2.33. The van der Waals surface area contributed by atoms with E-state index < -0.39 is 16.4 Å². The van der Waals surface area contributed by atoms with Gasteiger partial charge < -0.3 is 4.74 Å². The number of rotatable bonds is 4. The highest BCUT2D eigenvalue weighted by atomic mass is 79.9. The van der Waals surface area contributed by atoms with Crippen molar-refractivity contribution in [2.45, 2.75) is 0 Å². The molecule has 2 aromatic rings. The van der Waals surface area contributed by atoms with Crippen molar-refractivity contribution in [2.75, 3.05) is 5.43 Å². The Bertz CT molecular complexity index is 669. The van der Waals surface area contributed by atoms with Crippen LogP contribution in [0.15, 0.2) is 28.9 Å². The van der Waals surface area contributed by atoms with Gasteiger partial charge in [0, 0.05) is 0 Å². The number of hydrazine groups is 1. The van der Waals surface area contributed by atoms with Crippen molar-refractivity contribution in [1.29, 1.82) is 0 Å². The maximum Gasteiger partial charge on any atom is 0.349 e. The first-order valence-corrected chi connectivity index (χ1v) is 5.91. The molecule has 0 saturated carbocycles. The fourth-order valence-corrected chi connectivity index (χ4v) is 1.72. The van der Waals surface area contributed by atoms with Crippen LogP contribution in [0.3, 0.4) is 0 Å². The Labute approximate surface area is 120 Å². The van der Waals surface area contributed by atoms with Gasteiger partial charge in [0.1, 0.15) is 17.8 Å². The normalized spacial score (nSPS) is 10.2. The number of nitrogen functional groups attached to an aromatic ring is 1. The SMILES string of the molecule is NNc1ncc([N+](=O)[O-])c(Oc2ccc(F)cc2Br)n1. The van der Waals surface area contributed by atoms with Crippen molar-refractivity contribution < 1.29 is 14.1 Å². The van der Waals surface area contributed by atoms with Gasteiger partial charge in [-0.2, -0.15) is 4.98 Å². The highest BCUT2D eigenvalue weighted by Crippen LogP contribution is 2.33. The van der Waals surface area contributed by atoms with E-state index in [4.69, 9.17) is 10.6 Å². The van der Waals surface area contributed by atoms with Crippen LogP contribution < -0.4 is 16.0 Å². The quantitative estimate of drug-likeness (QED) is 0.497. The molecule has 1 aromatic carbocycles. The first kappa shape index (κ1) is 14.1. The van der Waals surface area contributed by atoms with Crippen LogP contribution in [0.1, 0.15) is 0 Å². The number of benzene rings is 1. The molecule has 0 saturated heterocycles. The summed E-state index contributed by atoms with van der Waals surface area (Å²) in [6.45, 7) is 0. The Balaban J connectivity index is 2.43. The van der Waals surface area contributed by atoms with E-state index in [1.54, 1.807) is 0 Å². The highest BCUT2D eigenvalue weighted by molar-refractivity contribution is 9.10. The summed E-state index contributed by atoms with van der Waals surface area (Å²) in [5.41, 5.74) is 1.70. The van der Waals surface area contributed by atoms with Crippen LogP contribution in [0.4, 0.5) is 16.0 Å². The Morgan fingerprint density at radius 1 is 1.50 bits per heavy atom. The van der Waals surface area contributed by atoms with Crippen molar-refractivity contribution in [3.8, 4) is 11.6 Å². The zero-order valence-corrected chi connectivity index (χ0v) is 11.3. The minimum absolute atomic E-state index is 0.0520.